The van der Waals surface area contributed by atoms with Crippen molar-refractivity contribution in [2.75, 3.05) is 12.3 Å². The lowest BCUT2D eigenvalue weighted by Gasteiger charge is -2.24. The fourth-order valence-electron chi connectivity index (χ4n) is 2.26. The molecule has 2 rings (SSSR count). The SMILES string of the molecule is Cc1ccc(N)cc1C(=O)N(CCC(C)C)C1CC1. The van der Waals surface area contributed by atoms with Crippen LogP contribution in [0.1, 0.15) is 49.0 Å². The Bertz CT molecular complexity index is 464. The summed E-state index contributed by atoms with van der Waals surface area (Å²) in [6.45, 7) is 7.22. The van der Waals surface area contributed by atoms with Crippen molar-refractivity contribution in [3.63, 3.8) is 0 Å². The molecular weight excluding hydrogens is 236 g/mol. The minimum Gasteiger partial charge on any atom is -0.399 e. The summed E-state index contributed by atoms with van der Waals surface area (Å²) in [7, 11) is 0. The van der Waals surface area contributed by atoms with Gasteiger partial charge in [-0.3, -0.25) is 4.79 Å². The minimum atomic E-state index is 0.146. The van der Waals surface area contributed by atoms with Crippen LogP contribution in [-0.4, -0.2) is 23.4 Å². The fourth-order valence-corrected chi connectivity index (χ4v) is 2.26. The molecule has 1 aromatic carbocycles. The number of benzene rings is 1. The zero-order valence-electron chi connectivity index (χ0n) is 12.1. The van der Waals surface area contributed by atoms with Gasteiger partial charge in [0.25, 0.3) is 5.91 Å². The van der Waals surface area contributed by atoms with Gasteiger partial charge in [0.15, 0.2) is 0 Å². The first-order valence-electron chi connectivity index (χ1n) is 7.16. The van der Waals surface area contributed by atoms with E-state index in [1.807, 2.05) is 30.0 Å². The average molecular weight is 260 g/mol. The van der Waals surface area contributed by atoms with Gasteiger partial charge in [0.2, 0.25) is 0 Å². The molecule has 1 aliphatic carbocycles. The summed E-state index contributed by atoms with van der Waals surface area (Å²) >= 11 is 0. The molecule has 0 heterocycles. The molecule has 0 atom stereocenters. The number of amides is 1. The molecule has 0 unspecified atom stereocenters. The summed E-state index contributed by atoms with van der Waals surface area (Å²) in [5.74, 6) is 0.768. The Balaban J connectivity index is 2.16. The maximum absolute atomic E-state index is 12.7. The lowest BCUT2D eigenvalue weighted by Crippen LogP contribution is -2.35. The largest absolute Gasteiger partial charge is 0.399 e. The molecule has 1 saturated carbocycles. The molecule has 0 spiro atoms. The molecular formula is C16H24N2O. The van der Waals surface area contributed by atoms with Gasteiger partial charge in [0.1, 0.15) is 0 Å². The molecule has 0 aromatic heterocycles. The number of carbonyl (C=O) groups is 1. The second-order valence-electron chi connectivity index (χ2n) is 5.99. The zero-order valence-corrected chi connectivity index (χ0v) is 12.1. The Morgan fingerprint density at radius 2 is 2.11 bits per heavy atom. The summed E-state index contributed by atoms with van der Waals surface area (Å²) in [5.41, 5.74) is 8.24. The molecule has 1 aromatic rings. The van der Waals surface area contributed by atoms with Crippen LogP contribution in [0.3, 0.4) is 0 Å². The number of anilines is 1. The van der Waals surface area contributed by atoms with Gasteiger partial charge in [-0.1, -0.05) is 19.9 Å². The Labute approximate surface area is 115 Å². The number of nitrogen functional groups attached to an aromatic ring is 1. The highest BCUT2D eigenvalue weighted by atomic mass is 16.2. The predicted octanol–water partition coefficient (Wildman–Crippen LogP) is 3.23. The van der Waals surface area contributed by atoms with Crippen LogP contribution in [0.25, 0.3) is 0 Å². The van der Waals surface area contributed by atoms with Crippen LogP contribution in [0.5, 0.6) is 0 Å². The van der Waals surface area contributed by atoms with Crippen molar-refractivity contribution in [1.82, 2.24) is 4.90 Å². The van der Waals surface area contributed by atoms with Gasteiger partial charge >= 0.3 is 0 Å². The third kappa shape index (κ3) is 3.49. The number of aryl methyl sites for hydroxylation is 1. The predicted molar refractivity (Wildman–Crippen MR) is 79.1 cm³/mol. The van der Waals surface area contributed by atoms with Crippen molar-refractivity contribution in [2.45, 2.75) is 46.1 Å². The molecule has 1 aliphatic rings. The number of hydrogen-bond acceptors (Lipinski definition) is 2. The first-order chi connectivity index (χ1) is 8.99. The van der Waals surface area contributed by atoms with Crippen LogP contribution in [0, 0.1) is 12.8 Å². The number of hydrogen-bond donors (Lipinski definition) is 1. The van der Waals surface area contributed by atoms with E-state index in [1.54, 1.807) is 0 Å². The highest BCUT2D eigenvalue weighted by molar-refractivity contribution is 5.96. The third-order valence-electron chi connectivity index (χ3n) is 3.69. The van der Waals surface area contributed by atoms with Gasteiger partial charge in [-0.25, -0.2) is 0 Å². The molecule has 3 heteroatoms. The van der Waals surface area contributed by atoms with Gasteiger partial charge in [-0.05, 0) is 49.8 Å². The summed E-state index contributed by atoms with van der Waals surface area (Å²) < 4.78 is 0. The fraction of sp³-hybridized carbons (Fsp3) is 0.562. The quantitative estimate of drug-likeness (QED) is 0.826. The monoisotopic (exact) mass is 260 g/mol. The Kier molecular flexibility index (Phi) is 4.13. The molecule has 104 valence electrons. The normalized spacial score (nSPS) is 14.7. The number of nitrogens with zero attached hydrogens (tertiary/aromatic N) is 1. The van der Waals surface area contributed by atoms with Crippen molar-refractivity contribution in [1.29, 1.82) is 0 Å². The Morgan fingerprint density at radius 1 is 1.42 bits per heavy atom. The number of carbonyl (C=O) groups excluding carboxylic acids is 1. The van der Waals surface area contributed by atoms with Crippen molar-refractivity contribution in [2.24, 2.45) is 5.92 Å². The maximum Gasteiger partial charge on any atom is 0.254 e. The van der Waals surface area contributed by atoms with E-state index in [1.165, 1.54) is 0 Å². The highest BCUT2D eigenvalue weighted by Crippen LogP contribution is 2.29. The second kappa shape index (κ2) is 5.64. The van der Waals surface area contributed by atoms with Crippen LogP contribution >= 0.6 is 0 Å². The number of nitrogens with two attached hydrogens (primary N) is 1. The van der Waals surface area contributed by atoms with E-state index in [-0.39, 0.29) is 5.91 Å². The van der Waals surface area contributed by atoms with E-state index in [4.69, 9.17) is 5.73 Å². The van der Waals surface area contributed by atoms with Crippen LogP contribution in [0.2, 0.25) is 0 Å². The van der Waals surface area contributed by atoms with Crippen LogP contribution in [0.4, 0.5) is 5.69 Å². The van der Waals surface area contributed by atoms with Gasteiger partial charge in [-0.2, -0.15) is 0 Å². The smallest absolute Gasteiger partial charge is 0.254 e. The molecule has 0 saturated heterocycles. The maximum atomic E-state index is 12.7. The van der Waals surface area contributed by atoms with E-state index in [0.717, 1.165) is 36.9 Å². The Morgan fingerprint density at radius 3 is 2.68 bits per heavy atom. The van der Waals surface area contributed by atoms with Crippen molar-refractivity contribution in [3.05, 3.63) is 29.3 Å². The van der Waals surface area contributed by atoms with Crippen molar-refractivity contribution in [3.8, 4) is 0 Å². The van der Waals surface area contributed by atoms with E-state index in [2.05, 4.69) is 13.8 Å². The molecule has 19 heavy (non-hydrogen) atoms. The first-order valence-corrected chi connectivity index (χ1v) is 7.16. The van der Waals surface area contributed by atoms with Gasteiger partial charge in [0, 0.05) is 23.8 Å². The first kappa shape index (κ1) is 13.9. The molecule has 0 radical (unpaired) electrons. The lowest BCUT2D eigenvalue weighted by molar-refractivity contribution is 0.0735. The topological polar surface area (TPSA) is 46.3 Å². The van der Waals surface area contributed by atoms with E-state index < -0.39 is 0 Å². The molecule has 1 fully saturated rings. The van der Waals surface area contributed by atoms with E-state index in [9.17, 15) is 4.79 Å². The average Bonchev–Trinajstić information content (AvgIpc) is 3.16. The van der Waals surface area contributed by atoms with Crippen LogP contribution in [0.15, 0.2) is 18.2 Å². The standard InChI is InChI=1S/C16H24N2O/c1-11(2)8-9-18(14-6-7-14)16(19)15-10-13(17)5-4-12(15)3/h4-5,10-11,14H,6-9,17H2,1-3H3. The minimum absolute atomic E-state index is 0.146. The second-order valence-corrected chi connectivity index (χ2v) is 5.99. The summed E-state index contributed by atoms with van der Waals surface area (Å²) in [6, 6.07) is 6.03. The van der Waals surface area contributed by atoms with Gasteiger partial charge in [0.05, 0.1) is 0 Å². The van der Waals surface area contributed by atoms with E-state index >= 15 is 0 Å². The van der Waals surface area contributed by atoms with Crippen LogP contribution in [-0.2, 0) is 0 Å². The molecule has 2 N–H and O–H groups in total. The van der Waals surface area contributed by atoms with Crippen LogP contribution < -0.4 is 5.73 Å². The third-order valence-corrected chi connectivity index (χ3v) is 3.69. The van der Waals surface area contributed by atoms with Crippen molar-refractivity contribution < 1.29 is 4.79 Å². The summed E-state index contributed by atoms with van der Waals surface area (Å²) in [6.07, 6.45) is 3.35. The van der Waals surface area contributed by atoms with Gasteiger partial charge in [-0.15, -0.1) is 0 Å². The summed E-state index contributed by atoms with van der Waals surface area (Å²) in [5, 5.41) is 0. The van der Waals surface area contributed by atoms with Crippen molar-refractivity contribution >= 4 is 11.6 Å². The lowest BCUT2D eigenvalue weighted by atomic mass is 10.1. The molecule has 0 bridgehead atoms. The Hall–Kier alpha value is -1.51. The molecule has 1 amide bonds. The molecule has 3 nitrogen and oxygen atoms in total. The highest BCUT2D eigenvalue weighted by Gasteiger charge is 2.33. The zero-order chi connectivity index (χ0) is 14.0. The number of rotatable bonds is 5. The van der Waals surface area contributed by atoms with E-state index in [0.29, 0.717) is 17.6 Å². The van der Waals surface area contributed by atoms with Gasteiger partial charge < -0.3 is 10.6 Å². The molecule has 0 aliphatic heterocycles. The summed E-state index contributed by atoms with van der Waals surface area (Å²) in [4.78, 5) is 14.7.